The van der Waals surface area contributed by atoms with Gasteiger partial charge in [0, 0.05) is 19.6 Å². The average molecular weight is 268 g/mol. The molecule has 108 valence electrons. The molecule has 19 heavy (non-hydrogen) atoms. The first-order valence-corrected chi connectivity index (χ1v) is 6.74. The van der Waals surface area contributed by atoms with Gasteiger partial charge in [-0.15, -0.1) is 0 Å². The van der Waals surface area contributed by atoms with Gasteiger partial charge >= 0.3 is 6.01 Å². The molecule has 0 saturated carbocycles. The Hall–Kier alpha value is -1.63. The lowest BCUT2D eigenvalue weighted by Crippen LogP contribution is -2.25. The molecule has 0 unspecified atom stereocenters. The monoisotopic (exact) mass is 268 g/mol. The highest BCUT2D eigenvalue weighted by Crippen LogP contribution is 2.10. The van der Waals surface area contributed by atoms with Crippen molar-refractivity contribution < 1.29 is 4.74 Å². The first-order chi connectivity index (χ1) is 9.19. The summed E-state index contributed by atoms with van der Waals surface area (Å²) in [6.07, 6.45) is 0. The van der Waals surface area contributed by atoms with Crippen molar-refractivity contribution in [1.29, 1.82) is 0 Å². The molecule has 0 amide bonds. The van der Waals surface area contributed by atoms with Crippen LogP contribution in [-0.4, -0.2) is 59.7 Å². The summed E-state index contributed by atoms with van der Waals surface area (Å²) in [5.41, 5.74) is 0. The topological polar surface area (TPSA) is 75.2 Å². The Balaban J connectivity index is 2.64. The van der Waals surface area contributed by atoms with Gasteiger partial charge in [0.25, 0.3) is 0 Å². The van der Waals surface area contributed by atoms with Crippen molar-refractivity contribution in [3.05, 3.63) is 0 Å². The number of likely N-dealkylation sites (N-methyl/N-ethyl adjacent to an activating group) is 1. The largest absolute Gasteiger partial charge is 0.464 e. The maximum atomic E-state index is 5.33. The van der Waals surface area contributed by atoms with Crippen LogP contribution in [0.25, 0.3) is 0 Å². The predicted octanol–water partition coefficient (Wildman–Crippen LogP) is 1.07. The Labute approximate surface area is 114 Å². The van der Waals surface area contributed by atoms with Gasteiger partial charge in [0.15, 0.2) is 0 Å². The second-order valence-corrected chi connectivity index (χ2v) is 4.05. The number of anilines is 2. The molecule has 1 aromatic heterocycles. The average Bonchev–Trinajstić information content (AvgIpc) is 2.39. The lowest BCUT2D eigenvalue weighted by Gasteiger charge is -2.14. The summed E-state index contributed by atoms with van der Waals surface area (Å²) in [4.78, 5) is 14.9. The van der Waals surface area contributed by atoms with E-state index in [0.717, 1.165) is 26.2 Å². The number of rotatable bonds is 9. The standard InChI is InChI=1S/C12H24N6O/c1-5-13-10-15-11(14-8-9-18(4)6-2)17-12(16-10)19-7-3/h5-9H2,1-4H3,(H2,13,14,15,16,17). The van der Waals surface area contributed by atoms with Crippen molar-refractivity contribution >= 4 is 11.9 Å². The summed E-state index contributed by atoms with van der Waals surface area (Å²) < 4.78 is 5.33. The van der Waals surface area contributed by atoms with Crippen LogP contribution in [-0.2, 0) is 0 Å². The van der Waals surface area contributed by atoms with Crippen molar-refractivity contribution in [2.75, 3.05) is 50.5 Å². The fourth-order valence-electron chi connectivity index (χ4n) is 1.38. The minimum Gasteiger partial charge on any atom is -0.464 e. The molecular weight excluding hydrogens is 244 g/mol. The van der Waals surface area contributed by atoms with Crippen molar-refractivity contribution in [3.63, 3.8) is 0 Å². The quantitative estimate of drug-likeness (QED) is 0.693. The molecule has 0 bridgehead atoms. The summed E-state index contributed by atoms with van der Waals surface area (Å²) >= 11 is 0. The first-order valence-electron chi connectivity index (χ1n) is 6.74. The minimum atomic E-state index is 0.347. The van der Waals surface area contributed by atoms with Crippen molar-refractivity contribution in [2.45, 2.75) is 20.8 Å². The zero-order chi connectivity index (χ0) is 14.1. The van der Waals surface area contributed by atoms with Crippen LogP contribution < -0.4 is 15.4 Å². The molecule has 0 aromatic carbocycles. The zero-order valence-electron chi connectivity index (χ0n) is 12.2. The van der Waals surface area contributed by atoms with E-state index < -0.39 is 0 Å². The summed E-state index contributed by atoms with van der Waals surface area (Å²) in [5.74, 6) is 1.08. The summed E-state index contributed by atoms with van der Waals surface area (Å²) in [5, 5.41) is 6.25. The molecule has 0 aliphatic rings. The first kappa shape index (κ1) is 15.4. The molecule has 1 rings (SSSR count). The van der Waals surface area contributed by atoms with Crippen LogP contribution in [0.3, 0.4) is 0 Å². The highest BCUT2D eigenvalue weighted by molar-refractivity contribution is 5.35. The number of ether oxygens (including phenoxy) is 1. The Morgan fingerprint density at radius 1 is 1.05 bits per heavy atom. The Bertz CT molecular complexity index is 349. The van der Waals surface area contributed by atoms with E-state index in [0.29, 0.717) is 24.5 Å². The molecule has 0 atom stereocenters. The van der Waals surface area contributed by atoms with Crippen LogP contribution in [0.5, 0.6) is 6.01 Å². The van der Waals surface area contributed by atoms with Crippen LogP contribution in [0.4, 0.5) is 11.9 Å². The number of hydrogen-bond donors (Lipinski definition) is 2. The number of nitrogens with zero attached hydrogens (tertiary/aromatic N) is 4. The summed E-state index contributed by atoms with van der Waals surface area (Å²) in [6.45, 7) is 10.0. The lowest BCUT2D eigenvalue weighted by atomic mass is 10.5. The number of aromatic nitrogens is 3. The van der Waals surface area contributed by atoms with Gasteiger partial charge in [-0.05, 0) is 27.4 Å². The maximum Gasteiger partial charge on any atom is 0.323 e. The molecule has 0 spiro atoms. The number of hydrogen-bond acceptors (Lipinski definition) is 7. The summed E-state index contributed by atoms with van der Waals surface area (Å²) in [7, 11) is 2.07. The van der Waals surface area contributed by atoms with E-state index in [4.69, 9.17) is 4.74 Å². The van der Waals surface area contributed by atoms with Crippen molar-refractivity contribution in [3.8, 4) is 6.01 Å². The van der Waals surface area contributed by atoms with Gasteiger partial charge in [-0.3, -0.25) is 0 Å². The molecule has 0 aliphatic carbocycles. The maximum absolute atomic E-state index is 5.33. The number of nitrogens with one attached hydrogen (secondary N) is 2. The second-order valence-electron chi connectivity index (χ2n) is 4.05. The fourth-order valence-corrected chi connectivity index (χ4v) is 1.38. The zero-order valence-corrected chi connectivity index (χ0v) is 12.2. The van der Waals surface area contributed by atoms with Crippen molar-refractivity contribution in [2.24, 2.45) is 0 Å². The van der Waals surface area contributed by atoms with E-state index >= 15 is 0 Å². The van der Waals surface area contributed by atoms with E-state index in [1.54, 1.807) is 0 Å². The molecule has 1 heterocycles. The third-order valence-electron chi connectivity index (χ3n) is 2.54. The van der Waals surface area contributed by atoms with Gasteiger partial charge in [0.2, 0.25) is 11.9 Å². The Kier molecular flexibility index (Phi) is 6.88. The van der Waals surface area contributed by atoms with E-state index in [2.05, 4.69) is 44.5 Å². The van der Waals surface area contributed by atoms with Crippen molar-refractivity contribution in [1.82, 2.24) is 19.9 Å². The van der Waals surface area contributed by atoms with E-state index in [1.165, 1.54) is 0 Å². The molecule has 7 heteroatoms. The van der Waals surface area contributed by atoms with Gasteiger partial charge in [-0.2, -0.15) is 15.0 Å². The van der Waals surface area contributed by atoms with E-state index in [1.807, 2.05) is 13.8 Å². The van der Waals surface area contributed by atoms with Crippen LogP contribution in [0.1, 0.15) is 20.8 Å². The van der Waals surface area contributed by atoms with Crippen LogP contribution >= 0.6 is 0 Å². The molecule has 2 N–H and O–H groups in total. The van der Waals surface area contributed by atoms with Gasteiger partial charge in [0.1, 0.15) is 0 Å². The molecule has 0 saturated heterocycles. The Morgan fingerprint density at radius 2 is 1.74 bits per heavy atom. The molecule has 0 fully saturated rings. The molecule has 0 aliphatic heterocycles. The fraction of sp³-hybridized carbons (Fsp3) is 0.750. The third kappa shape index (κ3) is 5.69. The Morgan fingerprint density at radius 3 is 2.32 bits per heavy atom. The highest BCUT2D eigenvalue weighted by Gasteiger charge is 2.06. The van der Waals surface area contributed by atoms with Gasteiger partial charge in [0.05, 0.1) is 6.61 Å². The normalized spacial score (nSPS) is 10.6. The van der Waals surface area contributed by atoms with Crippen LogP contribution in [0.2, 0.25) is 0 Å². The molecule has 7 nitrogen and oxygen atoms in total. The van der Waals surface area contributed by atoms with Gasteiger partial charge < -0.3 is 20.3 Å². The second kappa shape index (κ2) is 8.47. The van der Waals surface area contributed by atoms with Gasteiger partial charge in [-0.1, -0.05) is 6.92 Å². The molecular formula is C12H24N6O. The predicted molar refractivity (Wildman–Crippen MR) is 76.8 cm³/mol. The van der Waals surface area contributed by atoms with Crippen LogP contribution in [0.15, 0.2) is 0 Å². The van der Waals surface area contributed by atoms with E-state index in [-0.39, 0.29) is 0 Å². The highest BCUT2D eigenvalue weighted by atomic mass is 16.5. The minimum absolute atomic E-state index is 0.347. The van der Waals surface area contributed by atoms with Gasteiger partial charge in [-0.25, -0.2) is 0 Å². The molecule has 0 radical (unpaired) electrons. The third-order valence-corrected chi connectivity index (χ3v) is 2.54. The smallest absolute Gasteiger partial charge is 0.323 e. The van der Waals surface area contributed by atoms with Crippen LogP contribution in [0, 0.1) is 0 Å². The lowest BCUT2D eigenvalue weighted by molar-refractivity contribution is 0.312. The summed E-state index contributed by atoms with van der Waals surface area (Å²) in [6, 6.07) is 0.347. The molecule has 1 aromatic rings. The van der Waals surface area contributed by atoms with E-state index in [9.17, 15) is 0 Å². The SMILES string of the molecule is CCNc1nc(NCCN(C)CC)nc(OCC)n1.